The zero-order chi connectivity index (χ0) is 22.1. The fourth-order valence-electron chi connectivity index (χ4n) is 2.33. The van der Waals surface area contributed by atoms with Gasteiger partial charge in [0.15, 0.2) is 0 Å². The van der Waals surface area contributed by atoms with Crippen LogP contribution in [0.25, 0.3) is 0 Å². The number of hydrogen-bond acceptors (Lipinski definition) is 6. The van der Waals surface area contributed by atoms with Crippen molar-refractivity contribution >= 4 is 45.1 Å². The molecule has 0 aromatic heterocycles. The van der Waals surface area contributed by atoms with Gasteiger partial charge in [0.2, 0.25) is 15.9 Å². The van der Waals surface area contributed by atoms with Crippen LogP contribution in [0.5, 0.6) is 0 Å². The maximum Gasteiger partial charge on any atom is 0.325 e. The summed E-state index contributed by atoms with van der Waals surface area (Å²) in [7, 11) is -2.64. The van der Waals surface area contributed by atoms with E-state index in [9.17, 15) is 22.8 Å². The molecule has 0 aliphatic carbocycles. The third-order valence-electron chi connectivity index (χ3n) is 3.80. The Morgan fingerprint density at radius 1 is 1.07 bits per heavy atom. The first kappa shape index (κ1) is 23.3. The molecule has 0 fully saturated rings. The third kappa shape index (κ3) is 6.83. The van der Waals surface area contributed by atoms with Crippen molar-refractivity contribution in [3.05, 3.63) is 59.1 Å². The highest BCUT2D eigenvalue weighted by atomic mass is 35.5. The van der Waals surface area contributed by atoms with E-state index in [2.05, 4.69) is 20.1 Å². The predicted molar refractivity (Wildman–Crippen MR) is 111 cm³/mol. The molecule has 0 spiro atoms. The van der Waals surface area contributed by atoms with Crippen LogP contribution in [0.4, 0.5) is 5.69 Å². The Kier molecular flexibility index (Phi) is 8.34. The largest absolute Gasteiger partial charge is 0.468 e. The van der Waals surface area contributed by atoms with Gasteiger partial charge in [-0.05, 0) is 30.3 Å². The monoisotopic (exact) mass is 453 g/mol. The molecule has 2 rings (SSSR count). The topological polar surface area (TPSA) is 131 Å². The van der Waals surface area contributed by atoms with Gasteiger partial charge in [-0.3, -0.25) is 14.4 Å². The van der Waals surface area contributed by atoms with E-state index in [4.69, 9.17) is 11.6 Å². The molecule has 0 aliphatic rings. The molecule has 2 aromatic carbocycles. The van der Waals surface area contributed by atoms with Crippen molar-refractivity contribution in [2.75, 3.05) is 25.5 Å². The van der Waals surface area contributed by atoms with Gasteiger partial charge in [0.1, 0.15) is 11.4 Å². The lowest BCUT2D eigenvalue weighted by molar-refractivity contribution is -0.139. The summed E-state index contributed by atoms with van der Waals surface area (Å²) in [4.78, 5) is 35.2. The van der Waals surface area contributed by atoms with Crippen LogP contribution in [0.1, 0.15) is 16.8 Å². The number of benzene rings is 2. The number of carbonyl (C=O) groups excluding carboxylic acids is 3. The van der Waals surface area contributed by atoms with Crippen LogP contribution in [-0.4, -0.2) is 46.4 Å². The molecule has 0 atom stereocenters. The molecular formula is C19H20ClN3O6S. The minimum Gasteiger partial charge on any atom is -0.468 e. The second-order valence-corrected chi connectivity index (χ2v) is 8.11. The molecule has 0 saturated carbocycles. The summed E-state index contributed by atoms with van der Waals surface area (Å²) in [5.74, 6) is -1.56. The molecular weight excluding hydrogens is 434 g/mol. The lowest BCUT2D eigenvalue weighted by atomic mass is 10.2. The minimum atomic E-state index is -3.85. The number of halogens is 1. The molecule has 0 saturated heterocycles. The SMILES string of the molecule is COC(=O)CNC(=O)c1cccc(NC(=O)CCNS(=O)(=O)c2ccccc2Cl)c1. The molecule has 160 valence electrons. The van der Waals surface area contributed by atoms with Crippen molar-refractivity contribution < 1.29 is 27.5 Å². The lowest BCUT2D eigenvalue weighted by Gasteiger charge is -2.10. The first-order valence-corrected chi connectivity index (χ1v) is 10.6. The quantitative estimate of drug-likeness (QED) is 0.494. The van der Waals surface area contributed by atoms with Gasteiger partial charge in [-0.1, -0.05) is 29.8 Å². The summed E-state index contributed by atoms with van der Waals surface area (Å²) in [6.45, 7) is -0.420. The van der Waals surface area contributed by atoms with E-state index in [-0.39, 0.29) is 35.0 Å². The summed E-state index contributed by atoms with van der Waals surface area (Å²) >= 11 is 5.89. The smallest absolute Gasteiger partial charge is 0.325 e. The summed E-state index contributed by atoms with van der Waals surface area (Å²) < 4.78 is 31.2. The molecule has 0 aliphatic heterocycles. The van der Waals surface area contributed by atoms with Crippen LogP contribution in [0.2, 0.25) is 5.02 Å². The molecule has 2 amide bonds. The Labute approximate surface area is 178 Å². The van der Waals surface area contributed by atoms with Crippen molar-refractivity contribution in [1.29, 1.82) is 0 Å². The summed E-state index contributed by atoms with van der Waals surface area (Å²) in [6, 6.07) is 12.0. The Morgan fingerprint density at radius 2 is 1.80 bits per heavy atom. The van der Waals surface area contributed by atoms with Crippen molar-refractivity contribution in [2.24, 2.45) is 0 Å². The summed E-state index contributed by atoms with van der Waals surface area (Å²) in [6.07, 6.45) is -0.136. The van der Waals surface area contributed by atoms with Crippen molar-refractivity contribution in [3.63, 3.8) is 0 Å². The van der Waals surface area contributed by atoms with Crippen LogP contribution in [0, 0.1) is 0 Å². The number of amides is 2. The van der Waals surface area contributed by atoms with Gasteiger partial charge in [-0.25, -0.2) is 13.1 Å². The van der Waals surface area contributed by atoms with E-state index < -0.39 is 27.8 Å². The van der Waals surface area contributed by atoms with Gasteiger partial charge in [-0.2, -0.15) is 0 Å². The Bertz CT molecular complexity index is 1040. The van der Waals surface area contributed by atoms with Gasteiger partial charge in [-0.15, -0.1) is 0 Å². The van der Waals surface area contributed by atoms with E-state index in [1.807, 2.05) is 0 Å². The van der Waals surface area contributed by atoms with E-state index in [1.165, 1.54) is 31.4 Å². The molecule has 0 bridgehead atoms. The third-order valence-corrected chi connectivity index (χ3v) is 5.76. The molecule has 0 unspecified atom stereocenters. The first-order valence-electron chi connectivity index (χ1n) is 8.72. The maximum absolute atomic E-state index is 12.2. The fourth-order valence-corrected chi connectivity index (χ4v) is 3.88. The van der Waals surface area contributed by atoms with Crippen LogP contribution in [-0.2, 0) is 24.3 Å². The van der Waals surface area contributed by atoms with Crippen LogP contribution >= 0.6 is 11.6 Å². The van der Waals surface area contributed by atoms with E-state index in [0.29, 0.717) is 5.69 Å². The first-order chi connectivity index (χ1) is 14.2. The average molecular weight is 454 g/mol. The summed E-state index contributed by atoms with van der Waals surface area (Å²) in [5, 5.41) is 5.05. The lowest BCUT2D eigenvalue weighted by Crippen LogP contribution is -2.30. The van der Waals surface area contributed by atoms with Gasteiger partial charge in [0.05, 0.1) is 12.1 Å². The highest BCUT2D eigenvalue weighted by Crippen LogP contribution is 2.20. The van der Waals surface area contributed by atoms with Gasteiger partial charge < -0.3 is 15.4 Å². The zero-order valence-electron chi connectivity index (χ0n) is 16.0. The second-order valence-electron chi connectivity index (χ2n) is 5.97. The Balaban J connectivity index is 1.89. The number of hydrogen-bond donors (Lipinski definition) is 3. The van der Waals surface area contributed by atoms with Gasteiger partial charge >= 0.3 is 5.97 Å². The number of carbonyl (C=O) groups is 3. The van der Waals surface area contributed by atoms with Gasteiger partial charge in [0.25, 0.3) is 5.91 Å². The predicted octanol–water partition coefficient (Wildman–Crippen LogP) is 1.55. The number of anilines is 1. The Morgan fingerprint density at radius 3 is 2.50 bits per heavy atom. The van der Waals surface area contributed by atoms with Crippen LogP contribution in [0.15, 0.2) is 53.4 Å². The minimum absolute atomic E-state index is 0.0715. The molecule has 11 heteroatoms. The molecule has 30 heavy (non-hydrogen) atoms. The highest BCUT2D eigenvalue weighted by molar-refractivity contribution is 7.89. The number of methoxy groups -OCH3 is 1. The standard InChI is InChI=1S/C19H20ClN3O6S/c1-29-18(25)12-21-19(26)13-5-4-6-14(11-13)23-17(24)9-10-22-30(27,28)16-8-3-2-7-15(16)20/h2-8,11,22H,9-10,12H2,1H3,(H,21,26)(H,23,24). The van der Waals surface area contributed by atoms with Crippen molar-refractivity contribution in [3.8, 4) is 0 Å². The van der Waals surface area contributed by atoms with E-state index in [0.717, 1.165) is 0 Å². The maximum atomic E-state index is 12.2. The van der Waals surface area contributed by atoms with Crippen molar-refractivity contribution in [1.82, 2.24) is 10.0 Å². The average Bonchev–Trinajstić information content (AvgIpc) is 2.71. The number of ether oxygens (including phenoxy) is 1. The zero-order valence-corrected chi connectivity index (χ0v) is 17.5. The molecule has 0 heterocycles. The number of nitrogens with one attached hydrogen (secondary N) is 3. The van der Waals surface area contributed by atoms with Crippen molar-refractivity contribution in [2.45, 2.75) is 11.3 Å². The molecule has 2 aromatic rings. The second kappa shape index (κ2) is 10.7. The normalized spacial score (nSPS) is 10.9. The number of sulfonamides is 1. The molecule has 0 radical (unpaired) electrons. The fraction of sp³-hybridized carbons (Fsp3) is 0.211. The van der Waals surface area contributed by atoms with E-state index >= 15 is 0 Å². The van der Waals surface area contributed by atoms with Crippen LogP contribution in [0.3, 0.4) is 0 Å². The summed E-state index contributed by atoms with van der Waals surface area (Å²) in [5.41, 5.74) is 0.579. The number of esters is 1. The highest BCUT2D eigenvalue weighted by Gasteiger charge is 2.17. The Hall–Kier alpha value is -2.95. The van der Waals surface area contributed by atoms with E-state index in [1.54, 1.807) is 24.3 Å². The van der Waals surface area contributed by atoms with Crippen LogP contribution < -0.4 is 15.4 Å². The van der Waals surface area contributed by atoms with Gasteiger partial charge in [0, 0.05) is 24.2 Å². The molecule has 3 N–H and O–H groups in total. The molecule has 9 nitrogen and oxygen atoms in total. The number of rotatable bonds is 9.